The van der Waals surface area contributed by atoms with E-state index in [4.69, 9.17) is 5.11 Å². The van der Waals surface area contributed by atoms with E-state index in [1.807, 2.05) is 23.3 Å². The van der Waals surface area contributed by atoms with Crippen LogP contribution < -0.4 is 0 Å². The van der Waals surface area contributed by atoms with Crippen LogP contribution in [0.15, 0.2) is 25.0 Å². The molecule has 2 heterocycles. The Morgan fingerprint density at radius 1 is 1.40 bits per heavy atom. The predicted molar refractivity (Wildman–Crippen MR) is 55.2 cm³/mol. The summed E-state index contributed by atoms with van der Waals surface area (Å²) < 4.78 is 4.02. The van der Waals surface area contributed by atoms with Gasteiger partial charge in [-0.2, -0.15) is 0 Å². The Bertz CT molecular complexity index is 432. The third-order valence-electron chi connectivity index (χ3n) is 2.33. The largest absolute Gasteiger partial charge is 0.390 e. The second kappa shape index (κ2) is 4.27. The van der Waals surface area contributed by atoms with Crippen molar-refractivity contribution in [2.75, 3.05) is 0 Å². The van der Waals surface area contributed by atoms with Crippen molar-refractivity contribution in [2.45, 2.75) is 26.6 Å². The smallest absolute Gasteiger partial charge is 0.0954 e. The molecule has 0 saturated carbocycles. The first-order valence-electron chi connectivity index (χ1n) is 4.94. The van der Waals surface area contributed by atoms with Gasteiger partial charge >= 0.3 is 0 Å². The minimum Gasteiger partial charge on any atom is -0.390 e. The van der Waals surface area contributed by atoms with E-state index in [2.05, 4.69) is 21.5 Å². The van der Waals surface area contributed by atoms with Crippen LogP contribution in [0.25, 0.3) is 0 Å². The summed E-state index contributed by atoms with van der Waals surface area (Å²) in [6.45, 7) is 3.72. The number of aryl methyl sites for hydroxylation is 1. The lowest BCUT2D eigenvalue weighted by molar-refractivity contribution is 0.277. The molecule has 80 valence electrons. The summed E-state index contributed by atoms with van der Waals surface area (Å²) in [6.07, 6.45) is 7.23. The summed E-state index contributed by atoms with van der Waals surface area (Å²) in [5.74, 6) is 0. The van der Waals surface area contributed by atoms with Gasteiger partial charge < -0.3 is 14.2 Å². The summed E-state index contributed by atoms with van der Waals surface area (Å²) in [5, 5.41) is 8.88. The molecule has 0 aliphatic rings. The third kappa shape index (κ3) is 2.07. The maximum atomic E-state index is 8.88. The molecule has 0 atom stereocenters. The molecular formula is C10H14N4O. The molecule has 0 unspecified atom stereocenters. The monoisotopic (exact) mass is 206 g/mol. The fourth-order valence-electron chi connectivity index (χ4n) is 1.53. The van der Waals surface area contributed by atoms with E-state index in [1.54, 1.807) is 6.33 Å². The highest BCUT2D eigenvalue weighted by Gasteiger charge is 2.02. The molecule has 0 spiro atoms. The van der Waals surface area contributed by atoms with Gasteiger partial charge in [-0.15, -0.1) is 0 Å². The Morgan fingerprint density at radius 2 is 2.27 bits per heavy atom. The van der Waals surface area contributed by atoms with Crippen LogP contribution in [-0.4, -0.2) is 24.2 Å². The highest BCUT2D eigenvalue weighted by atomic mass is 16.3. The van der Waals surface area contributed by atoms with Crippen molar-refractivity contribution in [1.29, 1.82) is 0 Å². The van der Waals surface area contributed by atoms with Crippen LogP contribution in [0.3, 0.4) is 0 Å². The van der Waals surface area contributed by atoms with Crippen molar-refractivity contribution < 1.29 is 5.11 Å². The van der Waals surface area contributed by atoms with Crippen molar-refractivity contribution in [2.24, 2.45) is 0 Å². The Morgan fingerprint density at radius 3 is 2.93 bits per heavy atom. The zero-order chi connectivity index (χ0) is 10.7. The SMILES string of the molecule is CCn1cncc1Cn1cnc(CO)c1. The van der Waals surface area contributed by atoms with Crippen molar-refractivity contribution in [1.82, 2.24) is 19.1 Å². The molecule has 2 rings (SSSR count). The molecule has 0 saturated heterocycles. The first-order valence-corrected chi connectivity index (χ1v) is 4.94. The first kappa shape index (κ1) is 9.92. The molecule has 5 heteroatoms. The van der Waals surface area contributed by atoms with Crippen LogP contribution >= 0.6 is 0 Å². The van der Waals surface area contributed by atoms with Gasteiger partial charge in [-0.25, -0.2) is 9.97 Å². The van der Waals surface area contributed by atoms with E-state index in [0.29, 0.717) is 5.69 Å². The maximum absolute atomic E-state index is 8.88. The van der Waals surface area contributed by atoms with E-state index < -0.39 is 0 Å². The van der Waals surface area contributed by atoms with Crippen LogP contribution in [-0.2, 0) is 19.7 Å². The second-order valence-electron chi connectivity index (χ2n) is 3.37. The zero-order valence-electron chi connectivity index (χ0n) is 8.67. The van der Waals surface area contributed by atoms with Crippen molar-refractivity contribution in [3.63, 3.8) is 0 Å². The predicted octanol–water partition coefficient (Wildman–Crippen LogP) is 0.640. The Labute approximate surface area is 88.0 Å². The first-order chi connectivity index (χ1) is 7.33. The number of aromatic nitrogens is 4. The summed E-state index contributed by atoms with van der Waals surface area (Å²) in [5.41, 5.74) is 1.83. The molecule has 0 amide bonds. The zero-order valence-corrected chi connectivity index (χ0v) is 8.67. The lowest BCUT2D eigenvalue weighted by atomic mass is 10.4. The topological polar surface area (TPSA) is 55.9 Å². The molecule has 15 heavy (non-hydrogen) atoms. The van der Waals surface area contributed by atoms with Crippen LogP contribution in [0, 0.1) is 0 Å². The van der Waals surface area contributed by atoms with Crippen LogP contribution in [0.1, 0.15) is 18.3 Å². The van der Waals surface area contributed by atoms with Crippen molar-refractivity contribution in [3.05, 3.63) is 36.4 Å². The van der Waals surface area contributed by atoms with Crippen LogP contribution in [0.4, 0.5) is 0 Å². The Balaban J connectivity index is 2.14. The average Bonchev–Trinajstić information content (AvgIpc) is 2.87. The summed E-state index contributed by atoms with van der Waals surface area (Å²) in [4.78, 5) is 8.15. The standard InChI is InChI=1S/C10H14N4O/c1-2-14-7-11-3-10(14)5-13-4-9(6-15)12-8-13/h3-4,7-8,15H,2,5-6H2,1H3. The third-order valence-corrected chi connectivity index (χ3v) is 2.33. The fraction of sp³-hybridized carbons (Fsp3) is 0.400. The maximum Gasteiger partial charge on any atom is 0.0954 e. The van der Waals surface area contributed by atoms with Gasteiger partial charge in [0.1, 0.15) is 0 Å². The van der Waals surface area contributed by atoms with Crippen LogP contribution in [0.2, 0.25) is 0 Å². The highest BCUT2D eigenvalue weighted by molar-refractivity contribution is 5.02. The van der Waals surface area contributed by atoms with Gasteiger partial charge in [-0.05, 0) is 6.92 Å². The van der Waals surface area contributed by atoms with Gasteiger partial charge in [0.05, 0.1) is 37.2 Å². The molecule has 0 aliphatic carbocycles. The Hall–Kier alpha value is -1.62. The number of hydrogen-bond donors (Lipinski definition) is 1. The summed E-state index contributed by atoms with van der Waals surface area (Å²) in [6, 6.07) is 0. The lowest BCUT2D eigenvalue weighted by Gasteiger charge is -2.05. The van der Waals surface area contributed by atoms with E-state index >= 15 is 0 Å². The molecule has 2 aromatic heterocycles. The van der Waals surface area contributed by atoms with Gasteiger partial charge in [-0.1, -0.05) is 0 Å². The Kier molecular flexibility index (Phi) is 2.82. The second-order valence-corrected chi connectivity index (χ2v) is 3.37. The molecule has 1 N–H and O–H groups in total. The minimum atomic E-state index is -0.0138. The van der Waals surface area contributed by atoms with Crippen molar-refractivity contribution >= 4 is 0 Å². The highest BCUT2D eigenvalue weighted by Crippen LogP contribution is 2.04. The number of nitrogens with zero attached hydrogens (tertiary/aromatic N) is 4. The molecule has 2 aromatic rings. The minimum absolute atomic E-state index is 0.0138. The number of aliphatic hydroxyl groups is 1. The summed E-state index contributed by atoms with van der Waals surface area (Å²) in [7, 11) is 0. The quantitative estimate of drug-likeness (QED) is 0.798. The van der Waals surface area contributed by atoms with Gasteiger partial charge in [-0.3, -0.25) is 0 Å². The molecule has 5 nitrogen and oxygen atoms in total. The van der Waals surface area contributed by atoms with E-state index in [0.717, 1.165) is 18.8 Å². The normalized spacial score (nSPS) is 10.8. The number of imidazole rings is 2. The summed E-state index contributed by atoms with van der Waals surface area (Å²) >= 11 is 0. The van der Waals surface area contributed by atoms with Crippen molar-refractivity contribution in [3.8, 4) is 0 Å². The molecule has 0 aliphatic heterocycles. The average molecular weight is 206 g/mol. The number of hydrogen-bond acceptors (Lipinski definition) is 3. The van der Waals surface area contributed by atoms with Gasteiger partial charge in [0, 0.05) is 18.9 Å². The molecule has 0 bridgehead atoms. The van der Waals surface area contributed by atoms with E-state index in [1.165, 1.54) is 0 Å². The number of aliphatic hydroxyl groups excluding tert-OH is 1. The van der Waals surface area contributed by atoms with Gasteiger partial charge in [0.25, 0.3) is 0 Å². The molecule has 0 radical (unpaired) electrons. The van der Waals surface area contributed by atoms with E-state index in [9.17, 15) is 0 Å². The molecule has 0 aromatic carbocycles. The van der Waals surface area contributed by atoms with Crippen LogP contribution in [0.5, 0.6) is 0 Å². The lowest BCUT2D eigenvalue weighted by Crippen LogP contribution is -2.04. The van der Waals surface area contributed by atoms with Gasteiger partial charge in [0.15, 0.2) is 0 Å². The fourth-order valence-corrected chi connectivity index (χ4v) is 1.53. The number of rotatable bonds is 4. The van der Waals surface area contributed by atoms with Gasteiger partial charge in [0.2, 0.25) is 0 Å². The van der Waals surface area contributed by atoms with E-state index in [-0.39, 0.29) is 6.61 Å². The molecule has 0 fully saturated rings. The molecular weight excluding hydrogens is 192 g/mol.